The highest BCUT2D eigenvalue weighted by Crippen LogP contribution is 2.15. The van der Waals surface area contributed by atoms with Gasteiger partial charge in [-0.05, 0) is 48.9 Å². The highest BCUT2D eigenvalue weighted by molar-refractivity contribution is 5.93. The molecule has 0 aliphatic heterocycles. The molecule has 0 unspecified atom stereocenters. The first kappa shape index (κ1) is 19.1. The van der Waals surface area contributed by atoms with E-state index in [4.69, 9.17) is 4.74 Å². The predicted molar refractivity (Wildman–Crippen MR) is 104 cm³/mol. The van der Waals surface area contributed by atoms with Gasteiger partial charge in [0.15, 0.2) is 0 Å². The predicted octanol–water partition coefficient (Wildman–Crippen LogP) is 3.57. The third-order valence-corrected chi connectivity index (χ3v) is 3.43. The lowest BCUT2D eigenvalue weighted by molar-refractivity contribution is -0.115. The monoisotopic (exact) mass is 353 g/mol. The standard InChI is InChI=1S/C20H23N3O3/c1-3-13-21-20(25)23-17-9-7-16(8-10-17)22-19(24)14-15-5-11-18(12-6-15)26-4-2/h3,5-12H,1,4,13-14H2,2H3,(H,22,24)(H2,21,23,25). The van der Waals surface area contributed by atoms with Crippen molar-refractivity contribution < 1.29 is 14.3 Å². The molecule has 0 spiro atoms. The summed E-state index contributed by atoms with van der Waals surface area (Å²) in [5, 5.41) is 8.14. The van der Waals surface area contributed by atoms with Gasteiger partial charge in [-0.15, -0.1) is 6.58 Å². The molecule has 2 rings (SSSR count). The van der Waals surface area contributed by atoms with Crippen LogP contribution in [0.2, 0.25) is 0 Å². The highest BCUT2D eigenvalue weighted by Gasteiger charge is 2.05. The van der Waals surface area contributed by atoms with Gasteiger partial charge in [-0.2, -0.15) is 0 Å². The third kappa shape index (κ3) is 6.32. The van der Waals surface area contributed by atoms with Crippen LogP contribution in [0.1, 0.15) is 12.5 Å². The zero-order valence-electron chi connectivity index (χ0n) is 14.7. The van der Waals surface area contributed by atoms with Crippen LogP contribution in [0.4, 0.5) is 16.2 Å². The Morgan fingerprint density at radius 2 is 1.62 bits per heavy atom. The maximum atomic E-state index is 12.1. The molecule has 0 aliphatic rings. The Morgan fingerprint density at radius 3 is 2.19 bits per heavy atom. The fourth-order valence-corrected chi connectivity index (χ4v) is 2.24. The van der Waals surface area contributed by atoms with Crippen molar-refractivity contribution in [1.82, 2.24) is 5.32 Å². The number of carbonyl (C=O) groups excluding carboxylic acids is 2. The van der Waals surface area contributed by atoms with Crippen LogP contribution in [-0.2, 0) is 11.2 Å². The number of amides is 3. The number of carbonyl (C=O) groups is 2. The van der Waals surface area contributed by atoms with Crippen LogP contribution < -0.4 is 20.7 Å². The number of anilines is 2. The van der Waals surface area contributed by atoms with Crippen molar-refractivity contribution in [2.45, 2.75) is 13.3 Å². The Labute approximate surface area is 153 Å². The second kappa shape index (κ2) is 9.88. The maximum absolute atomic E-state index is 12.1. The molecule has 0 heterocycles. The van der Waals surface area contributed by atoms with Gasteiger partial charge in [0.05, 0.1) is 13.0 Å². The highest BCUT2D eigenvalue weighted by atomic mass is 16.5. The van der Waals surface area contributed by atoms with E-state index in [9.17, 15) is 9.59 Å². The van der Waals surface area contributed by atoms with E-state index in [1.54, 1.807) is 30.3 Å². The fourth-order valence-electron chi connectivity index (χ4n) is 2.24. The molecule has 6 nitrogen and oxygen atoms in total. The SMILES string of the molecule is C=CCNC(=O)Nc1ccc(NC(=O)Cc2ccc(OCC)cc2)cc1. The third-order valence-electron chi connectivity index (χ3n) is 3.43. The molecule has 0 fully saturated rings. The van der Waals surface area contributed by atoms with Crippen LogP contribution in [0.25, 0.3) is 0 Å². The Morgan fingerprint density at radius 1 is 1.00 bits per heavy atom. The van der Waals surface area contributed by atoms with Gasteiger partial charge >= 0.3 is 6.03 Å². The molecule has 3 N–H and O–H groups in total. The number of rotatable bonds is 8. The Hall–Kier alpha value is -3.28. The van der Waals surface area contributed by atoms with Crippen LogP contribution in [0.15, 0.2) is 61.2 Å². The zero-order chi connectivity index (χ0) is 18.8. The molecule has 3 amide bonds. The van der Waals surface area contributed by atoms with Gasteiger partial charge in [-0.25, -0.2) is 4.79 Å². The van der Waals surface area contributed by atoms with E-state index < -0.39 is 0 Å². The summed E-state index contributed by atoms with van der Waals surface area (Å²) in [6.07, 6.45) is 1.87. The van der Waals surface area contributed by atoms with Crippen molar-refractivity contribution in [2.24, 2.45) is 0 Å². The Balaban J connectivity index is 1.84. The van der Waals surface area contributed by atoms with E-state index in [2.05, 4.69) is 22.5 Å². The number of hydrogen-bond donors (Lipinski definition) is 3. The second-order valence-electron chi connectivity index (χ2n) is 5.50. The van der Waals surface area contributed by atoms with Crippen LogP contribution in [-0.4, -0.2) is 25.1 Å². The molecule has 0 radical (unpaired) electrons. The van der Waals surface area contributed by atoms with Crippen molar-refractivity contribution in [3.05, 3.63) is 66.7 Å². The minimum absolute atomic E-state index is 0.112. The number of hydrogen-bond acceptors (Lipinski definition) is 3. The first-order valence-electron chi connectivity index (χ1n) is 8.38. The van der Waals surface area contributed by atoms with Crippen molar-refractivity contribution in [1.29, 1.82) is 0 Å². The lowest BCUT2D eigenvalue weighted by Crippen LogP contribution is -2.28. The van der Waals surface area contributed by atoms with Gasteiger partial charge in [-0.3, -0.25) is 4.79 Å². The topological polar surface area (TPSA) is 79.5 Å². The first-order chi connectivity index (χ1) is 12.6. The van der Waals surface area contributed by atoms with Crippen molar-refractivity contribution in [3.63, 3.8) is 0 Å². The minimum Gasteiger partial charge on any atom is -0.494 e. The first-order valence-corrected chi connectivity index (χ1v) is 8.38. The molecule has 6 heteroatoms. The lowest BCUT2D eigenvalue weighted by atomic mass is 10.1. The smallest absolute Gasteiger partial charge is 0.319 e. The van der Waals surface area contributed by atoms with E-state index in [0.29, 0.717) is 24.5 Å². The zero-order valence-corrected chi connectivity index (χ0v) is 14.7. The van der Waals surface area contributed by atoms with Gasteiger partial charge in [0.25, 0.3) is 0 Å². The minimum atomic E-state index is -0.308. The molecule has 0 saturated heterocycles. The molecule has 0 saturated carbocycles. The van der Waals surface area contributed by atoms with Gasteiger partial charge in [0.1, 0.15) is 5.75 Å². The van der Waals surface area contributed by atoms with Crippen molar-refractivity contribution in [3.8, 4) is 5.75 Å². The van der Waals surface area contributed by atoms with E-state index in [-0.39, 0.29) is 18.4 Å². The molecular formula is C20H23N3O3. The summed E-state index contributed by atoms with van der Waals surface area (Å²) >= 11 is 0. The van der Waals surface area contributed by atoms with Gasteiger partial charge < -0.3 is 20.7 Å². The summed E-state index contributed by atoms with van der Waals surface area (Å²) in [7, 11) is 0. The summed E-state index contributed by atoms with van der Waals surface area (Å²) in [5.74, 6) is 0.676. The average Bonchev–Trinajstić information content (AvgIpc) is 2.63. The summed E-state index contributed by atoms with van der Waals surface area (Å²) in [6, 6.07) is 14.1. The van der Waals surface area contributed by atoms with Gasteiger partial charge in [0.2, 0.25) is 5.91 Å². The van der Waals surface area contributed by atoms with E-state index in [0.717, 1.165) is 11.3 Å². The van der Waals surface area contributed by atoms with Crippen LogP contribution in [0.3, 0.4) is 0 Å². The van der Waals surface area contributed by atoms with Gasteiger partial charge in [-0.1, -0.05) is 18.2 Å². The summed E-state index contributed by atoms with van der Waals surface area (Å²) in [6.45, 7) is 6.46. The quantitative estimate of drug-likeness (QED) is 0.635. The van der Waals surface area contributed by atoms with E-state index in [1.165, 1.54) is 0 Å². The Bertz CT molecular complexity index is 740. The van der Waals surface area contributed by atoms with Crippen molar-refractivity contribution in [2.75, 3.05) is 23.8 Å². The number of benzene rings is 2. The molecule has 136 valence electrons. The van der Waals surface area contributed by atoms with Crippen molar-refractivity contribution >= 4 is 23.3 Å². The van der Waals surface area contributed by atoms with E-state index >= 15 is 0 Å². The largest absolute Gasteiger partial charge is 0.494 e. The second-order valence-corrected chi connectivity index (χ2v) is 5.50. The Kier molecular flexibility index (Phi) is 7.24. The number of urea groups is 1. The summed E-state index contributed by atoms with van der Waals surface area (Å²) < 4.78 is 5.38. The van der Waals surface area contributed by atoms with Crippen LogP contribution in [0.5, 0.6) is 5.75 Å². The van der Waals surface area contributed by atoms with Crippen LogP contribution in [0, 0.1) is 0 Å². The molecular weight excluding hydrogens is 330 g/mol. The number of ether oxygens (including phenoxy) is 1. The summed E-state index contributed by atoms with van der Waals surface area (Å²) in [5.41, 5.74) is 2.21. The van der Waals surface area contributed by atoms with Gasteiger partial charge in [0, 0.05) is 17.9 Å². The number of nitrogens with one attached hydrogen (secondary N) is 3. The average molecular weight is 353 g/mol. The molecule has 0 atom stereocenters. The molecule has 0 aliphatic carbocycles. The van der Waals surface area contributed by atoms with E-state index in [1.807, 2.05) is 31.2 Å². The fraction of sp³-hybridized carbons (Fsp3) is 0.200. The molecule has 26 heavy (non-hydrogen) atoms. The maximum Gasteiger partial charge on any atom is 0.319 e. The summed E-state index contributed by atoms with van der Waals surface area (Å²) in [4.78, 5) is 23.7. The normalized spacial score (nSPS) is 9.88. The molecule has 2 aromatic carbocycles. The molecule has 0 bridgehead atoms. The van der Waals surface area contributed by atoms with Crippen LogP contribution >= 0.6 is 0 Å². The molecule has 0 aromatic heterocycles. The molecule has 2 aromatic rings. The lowest BCUT2D eigenvalue weighted by Gasteiger charge is -2.09.